The molecule has 9 nitrogen and oxygen atoms in total. The lowest BCUT2D eigenvalue weighted by atomic mass is 9.90. The van der Waals surface area contributed by atoms with Crippen LogP contribution in [0.3, 0.4) is 0 Å². The van der Waals surface area contributed by atoms with Crippen molar-refractivity contribution in [3.05, 3.63) is 35.4 Å². The summed E-state index contributed by atoms with van der Waals surface area (Å²) < 4.78 is 27.6. The van der Waals surface area contributed by atoms with Gasteiger partial charge in [-0.05, 0) is 41.7 Å². The number of ether oxygens (including phenoxy) is 5. The van der Waals surface area contributed by atoms with Gasteiger partial charge in [-0.3, -0.25) is 19.2 Å². The summed E-state index contributed by atoms with van der Waals surface area (Å²) in [5.74, 6) is 0.582. The standard InChI is InChI=1S/C25H32O9S/c1-15(26)30-14-21-23(31-16(2)27)25(33-18(4)29)24(32-17(3)28)22(34-21)20-10-8-19(9-11-20)12-13-35(5,6)7/h8-11,21-25H,14H2,1-7H3/t21-,22-,23-,24-,25+/m1/s1. The van der Waals surface area contributed by atoms with Gasteiger partial charge in [0, 0.05) is 33.3 Å². The minimum atomic E-state index is -1.21. The molecule has 0 bridgehead atoms. The largest absolute Gasteiger partial charge is 0.463 e. The highest BCUT2D eigenvalue weighted by molar-refractivity contribution is 8.35. The van der Waals surface area contributed by atoms with E-state index >= 15 is 0 Å². The zero-order chi connectivity index (χ0) is 26.3. The molecule has 0 N–H and O–H groups in total. The van der Waals surface area contributed by atoms with Crippen LogP contribution in [0.1, 0.15) is 44.9 Å². The molecule has 1 heterocycles. The minimum absolute atomic E-state index is 0.272. The van der Waals surface area contributed by atoms with Gasteiger partial charge < -0.3 is 23.7 Å². The monoisotopic (exact) mass is 508 g/mol. The van der Waals surface area contributed by atoms with E-state index in [0.29, 0.717) is 5.56 Å². The molecule has 0 spiro atoms. The Morgan fingerprint density at radius 1 is 0.800 bits per heavy atom. The van der Waals surface area contributed by atoms with Crippen LogP contribution in [0.2, 0.25) is 0 Å². The molecule has 1 aromatic carbocycles. The molecule has 35 heavy (non-hydrogen) atoms. The summed E-state index contributed by atoms with van der Waals surface area (Å²) in [6.07, 6.45) is 0.841. The molecule has 0 unspecified atom stereocenters. The van der Waals surface area contributed by atoms with Gasteiger partial charge in [0.25, 0.3) is 0 Å². The van der Waals surface area contributed by atoms with Gasteiger partial charge in [0.15, 0.2) is 18.3 Å². The minimum Gasteiger partial charge on any atom is -0.463 e. The summed E-state index contributed by atoms with van der Waals surface area (Å²) >= 11 is 0. The van der Waals surface area contributed by atoms with Crippen LogP contribution in [0.4, 0.5) is 0 Å². The van der Waals surface area contributed by atoms with Gasteiger partial charge in [-0.2, -0.15) is 10.0 Å². The molecule has 0 saturated carbocycles. The van der Waals surface area contributed by atoms with Gasteiger partial charge in [-0.15, -0.1) is 0 Å². The zero-order valence-corrected chi connectivity index (χ0v) is 21.8. The third-order valence-electron chi connectivity index (χ3n) is 4.73. The molecule has 1 fully saturated rings. The van der Waals surface area contributed by atoms with Crippen molar-refractivity contribution in [2.75, 3.05) is 25.4 Å². The Bertz CT molecular complexity index is 1000. The maximum absolute atomic E-state index is 12.0. The van der Waals surface area contributed by atoms with E-state index in [1.54, 1.807) is 12.1 Å². The van der Waals surface area contributed by atoms with Crippen molar-refractivity contribution in [1.29, 1.82) is 0 Å². The number of hydrogen-bond donors (Lipinski definition) is 0. The predicted octanol–water partition coefficient (Wildman–Crippen LogP) is 2.49. The number of hydrogen-bond acceptors (Lipinski definition) is 9. The molecule has 192 valence electrons. The van der Waals surface area contributed by atoms with Gasteiger partial charge in [0.2, 0.25) is 0 Å². The lowest BCUT2D eigenvalue weighted by molar-refractivity contribution is -0.254. The number of carbonyl (C=O) groups excluding carboxylic acids is 4. The Labute approximate surface area is 207 Å². The molecular weight excluding hydrogens is 476 g/mol. The first-order valence-electron chi connectivity index (χ1n) is 10.9. The van der Waals surface area contributed by atoms with Crippen LogP contribution in [0, 0.1) is 11.2 Å². The van der Waals surface area contributed by atoms with Crippen molar-refractivity contribution >= 4 is 33.9 Å². The van der Waals surface area contributed by atoms with Crippen LogP contribution in [0.5, 0.6) is 0 Å². The summed E-state index contributed by atoms with van der Waals surface area (Å²) in [5, 5.41) is 3.24. The summed E-state index contributed by atoms with van der Waals surface area (Å²) in [5.41, 5.74) is 1.40. The SMILES string of the molecule is CC(=O)OC[C@H]1O[C@H](c2ccc(C#CS(C)(C)C)cc2)[C@@H](OC(C)=O)[C@@H](OC(C)=O)[C@@H]1OC(C)=O. The third-order valence-corrected chi connectivity index (χ3v) is 5.45. The number of rotatable bonds is 6. The van der Waals surface area contributed by atoms with Gasteiger partial charge in [0.05, 0.1) is 0 Å². The van der Waals surface area contributed by atoms with Crippen molar-refractivity contribution in [2.45, 2.75) is 58.2 Å². The lowest BCUT2D eigenvalue weighted by Gasteiger charge is -2.44. The maximum atomic E-state index is 12.0. The molecule has 0 aliphatic carbocycles. The Kier molecular flexibility index (Phi) is 9.74. The van der Waals surface area contributed by atoms with Crippen molar-refractivity contribution in [3.63, 3.8) is 0 Å². The van der Waals surface area contributed by atoms with Gasteiger partial charge in [-0.1, -0.05) is 18.1 Å². The van der Waals surface area contributed by atoms with E-state index in [1.165, 1.54) is 27.7 Å². The van der Waals surface area contributed by atoms with Gasteiger partial charge in [0.1, 0.15) is 18.8 Å². The molecule has 2 rings (SSSR count). The van der Waals surface area contributed by atoms with E-state index in [1.807, 2.05) is 12.1 Å². The fourth-order valence-electron chi connectivity index (χ4n) is 3.46. The smallest absolute Gasteiger partial charge is 0.303 e. The molecule has 0 amide bonds. The topological polar surface area (TPSA) is 114 Å². The Balaban J connectivity index is 2.52. The van der Waals surface area contributed by atoms with Crippen LogP contribution < -0.4 is 0 Å². The molecule has 1 aromatic rings. The molecule has 0 aromatic heterocycles. The van der Waals surface area contributed by atoms with E-state index < -0.39 is 64.4 Å². The second kappa shape index (κ2) is 12.1. The number of esters is 4. The summed E-state index contributed by atoms with van der Waals surface area (Å²) in [6.45, 7) is 4.53. The molecule has 5 atom stereocenters. The van der Waals surface area contributed by atoms with Crippen molar-refractivity contribution in [1.82, 2.24) is 0 Å². The predicted molar refractivity (Wildman–Crippen MR) is 130 cm³/mol. The van der Waals surface area contributed by atoms with E-state index in [0.717, 1.165) is 5.56 Å². The van der Waals surface area contributed by atoms with E-state index in [9.17, 15) is 19.2 Å². The first kappa shape index (κ1) is 28.2. The molecule has 1 aliphatic rings. The molecule has 1 aliphatic heterocycles. The quantitative estimate of drug-likeness (QED) is 0.325. The fraction of sp³-hybridized carbons (Fsp3) is 0.520. The Morgan fingerprint density at radius 2 is 1.31 bits per heavy atom. The third kappa shape index (κ3) is 8.92. The molecule has 0 radical (unpaired) electrons. The average molecular weight is 509 g/mol. The Hall–Kier alpha value is -3.03. The van der Waals surface area contributed by atoms with E-state index in [-0.39, 0.29) is 6.61 Å². The summed E-state index contributed by atoms with van der Waals surface area (Å²) in [6, 6.07) is 7.15. The average Bonchev–Trinajstić information content (AvgIpc) is 2.72. The van der Waals surface area contributed by atoms with E-state index in [4.69, 9.17) is 23.7 Å². The van der Waals surface area contributed by atoms with Gasteiger partial charge >= 0.3 is 23.9 Å². The summed E-state index contributed by atoms with van der Waals surface area (Å²) in [4.78, 5) is 47.2. The lowest BCUT2D eigenvalue weighted by Crippen LogP contribution is -2.59. The van der Waals surface area contributed by atoms with Crippen LogP contribution in [-0.4, -0.2) is 73.7 Å². The number of benzene rings is 1. The van der Waals surface area contributed by atoms with E-state index in [2.05, 4.69) is 29.9 Å². The highest BCUT2D eigenvalue weighted by Gasteiger charge is 2.52. The Morgan fingerprint density at radius 3 is 1.80 bits per heavy atom. The summed E-state index contributed by atoms with van der Waals surface area (Å²) in [7, 11) is -1.01. The highest BCUT2D eigenvalue weighted by Crippen LogP contribution is 2.38. The van der Waals surface area contributed by atoms with Crippen molar-refractivity contribution < 1.29 is 42.9 Å². The second-order valence-corrected chi connectivity index (χ2v) is 12.7. The first-order chi connectivity index (χ1) is 16.3. The van der Waals surface area contributed by atoms with Crippen molar-refractivity contribution in [2.24, 2.45) is 0 Å². The van der Waals surface area contributed by atoms with Crippen LogP contribution in [0.25, 0.3) is 0 Å². The van der Waals surface area contributed by atoms with Crippen LogP contribution >= 0.6 is 10.0 Å². The normalized spacial score (nSPS) is 24.3. The van der Waals surface area contributed by atoms with Crippen LogP contribution in [-0.2, 0) is 42.9 Å². The fourth-order valence-corrected chi connectivity index (χ4v) is 3.89. The molecule has 1 saturated heterocycles. The van der Waals surface area contributed by atoms with Gasteiger partial charge in [-0.25, -0.2) is 0 Å². The maximum Gasteiger partial charge on any atom is 0.303 e. The second-order valence-electron chi connectivity index (χ2n) is 8.81. The highest BCUT2D eigenvalue weighted by atomic mass is 32.3. The molecule has 10 heteroatoms. The zero-order valence-electron chi connectivity index (χ0n) is 21.0. The first-order valence-corrected chi connectivity index (χ1v) is 13.7. The van der Waals surface area contributed by atoms with Crippen LogP contribution in [0.15, 0.2) is 24.3 Å². The molecular formula is C25H32O9S. The number of carbonyl (C=O) groups is 4. The van der Waals surface area contributed by atoms with Crippen molar-refractivity contribution in [3.8, 4) is 11.2 Å².